The number of aromatic nitrogens is 3. The maximum Gasteiger partial charge on any atom is 0.388 e. The van der Waals surface area contributed by atoms with Crippen molar-refractivity contribution >= 4 is 22.6 Å². The third kappa shape index (κ3) is 3.69. The van der Waals surface area contributed by atoms with Gasteiger partial charge in [0.25, 0.3) is 5.91 Å². The van der Waals surface area contributed by atoms with Gasteiger partial charge in [0.2, 0.25) is 5.88 Å². The zero-order chi connectivity index (χ0) is 22.2. The average Bonchev–Trinajstić information content (AvgIpc) is 3.30. The zero-order valence-corrected chi connectivity index (χ0v) is 16.8. The van der Waals surface area contributed by atoms with Gasteiger partial charge in [0.05, 0.1) is 44.2 Å². The molecule has 166 valence electrons. The molecule has 0 saturated carbocycles. The molecule has 1 fully saturated rings. The molecule has 1 atom stereocenters. The fraction of sp³-hybridized carbons (Fsp3) is 0.333. The number of carbonyl (C=O) groups is 1. The highest BCUT2D eigenvalue weighted by molar-refractivity contribution is 5.97. The molecule has 0 radical (unpaired) electrons. The van der Waals surface area contributed by atoms with Gasteiger partial charge in [-0.05, 0) is 23.3 Å². The van der Waals surface area contributed by atoms with Crippen LogP contribution in [0.4, 0.5) is 14.6 Å². The molecule has 1 amide bonds. The summed E-state index contributed by atoms with van der Waals surface area (Å²) in [5, 5.41) is 0.782. The number of nitrogens with two attached hydrogens (primary N) is 1. The summed E-state index contributed by atoms with van der Waals surface area (Å²) in [6.45, 7) is -1.21. The van der Waals surface area contributed by atoms with Gasteiger partial charge in [0.15, 0.2) is 0 Å². The summed E-state index contributed by atoms with van der Waals surface area (Å²) in [5.74, 6) is -0.0686. The van der Waals surface area contributed by atoms with Crippen molar-refractivity contribution in [1.29, 1.82) is 0 Å². The molecule has 3 aromatic heterocycles. The standard InChI is InChI=1S/C21H19F2N5O4/c22-21(23)32-18-2-1-11(6-26-18)17-10-30-4-3-28(17)20(29)15-5-12-13-8-31-9-14(13)19(24)27-16(12)7-25-15/h1-2,5-7,17,21H,3-4,8-10H2,(H2,24,27)/t17-/m1/s1. The van der Waals surface area contributed by atoms with Crippen LogP contribution in [0.25, 0.3) is 10.9 Å². The maximum absolute atomic E-state index is 13.4. The van der Waals surface area contributed by atoms with E-state index < -0.39 is 12.7 Å². The van der Waals surface area contributed by atoms with Crippen LogP contribution >= 0.6 is 0 Å². The minimum absolute atomic E-state index is 0.197. The lowest BCUT2D eigenvalue weighted by Crippen LogP contribution is -2.43. The molecule has 1 saturated heterocycles. The monoisotopic (exact) mass is 443 g/mol. The van der Waals surface area contributed by atoms with Gasteiger partial charge in [-0.2, -0.15) is 8.78 Å². The van der Waals surface area contributed by atoms with Crippen LogP contribution in [-0.4, -0.2) is 52.1 Å². The fourth-order valence-electron chi connectivity index (χ4n) is 4.01. The minimum atomic E-state index is -2.96. The Morgan fingerprint density at radius 1 is 1.19 bits per heavy atom. The average molecular weight is 443 g/mol. The molecule has 0 unspecified atom stereocenters. The van der Waals surface area contributed by atoms with Crippen molar-refractivity contribution in [3.63, 3.8) is 0 Å². The van der Waals surface area contributed by atoms with E-state index >= 15 is 0 Å². The van der Waals surface area contributed by atoms with Crippen LogP contribution in [0.2, 0.25) is 0 Å². The lowest BCUT2D eigenvalue weighted by molar-refractivity contribution is -0.0529. The van der Waals surface area contributed by atoms with E-state index in [-0.39, 0.29) is 24.1 Å². The number of hydrogen-bond acceptors (Lipinski definition) is 8. The molecule has 0 spiro atoms. The molecule has 11 heteroatoms. The first-order valence-electron chi connectivity index (χ1n) is 9.95. The summed E-state index contributed by atoms with van der Waals surface area (Å²) in [5.41, 5.74) is 9.26. The highest BCUT2D eigenvalue weighted by Gasteiger charge is 2.31. The second-order valence-corrected chi connectivity index (χ2v) is 7.43. The second kappa shape index (κ2) is 8.24. The van der Waals surface area contributed by atoms with E-state index in [1.54, 1.807) is 17.0 Å². The fourth-order valence-corrected chi connectivity index (χ4v) is 4.01. The van der Waals surface area contributed by atoms with Crippen LogP contribution in [0.15, 0.2) is 30.6 Å². The Balaban J connectivity index is 1.45. The number of carbonyl (C=O) groups excluding carboxylic acids is 1. The highest BCUT2D eigenvalue weighted by atomic mass is 19.3. The van der Waals surface area contributed by atoms with E-state index in [4.69, 9.17) is 15.2 Å². The van der Waals surface area contributed by atoms with Gasteiger partial charge in [0.1, 0.15) is 11.5 Å². The van der Waals surface area contributed by atoms with E-state index in [1.807, 2.05) is 0 Å². The van der Waals surface area contributed by atoms with Crippen molar-refractivity contribution in [3.8, 4) is 5.88 Å². The van der Waals surface area contributed by atoms with E-state index in [2.05, 4.69) is 19.7 Å². The first-order valence-corrected chi connectivity index (χ1v) is 9.95. The van der Waals surface area contributed by atoms with E-state index in [9.17, 15) is 13.6 Å². The largest absolute Gasteiger partial charge is 0.417 e. The van der Waals surface area contributed by atoms with Gasteiger partial charge in [-0.3, -0.25) is 4.79 Å². The van der Waals surface area contributed by atoms with Gasteiger partial charge in [-0.1, -0.05) is 0 Å². The van der Waals surface area contributed by atoms with Crippen LogP contribution < -0.4 is 10.5 Å². The number of alkyl halides is 2. The number of morpholine rings is 1. The van der Waals surface area contributed by atoms with Gasteiger partial charge in [-0.25, -0.2) is 15.0 Å². The van der Waals surface area contributed by atoms with Crippen molar-refractivity contribution in [3.05, 3.63) is 53.0 Å². The highest BCUT2D eigenvalue weighted by Crippen LogP contribution is 2.32. The molecule has 5 heterocycles. The molecule has 2 aliphatic heterocycles. The quantitative estimate of drug-likeness (QED) is 0.654. The number of pyridine rings is 3. The Morgan fingerprint density at radius 2 is 2.03 bits per heavy atom. The number of hydrogen-bond donors (Lipinski definition) is 1. The Morgan fingerprint density at radius 3 is 2.81 bits per heavy atom. The number of amides is 1. The molecule has 0 bridgehead atoms. The SMILES string of the molecule is Nc1nc2cnc(C(=O)N3CCOC[C@@H]3c3ccc(OC(F)F)nc3)cc2c2c1COC2. The summed E-state index contributed by atoms with van der Waals surface area (Å²) in [7, 11) is 0. The van der Waals surface area contributed by atoms with Gasteiger partial charge >= 0.3 is 6.61 Å². The number of fused-ring (bicyclic) bond motifs is 3. The summed E-state index contributed by atoms with van der Waals surface area (Å²) in [6, 6.07) is 4.20. The lowest BCUT2D eigenvalue weighted by Gasteiger charge is -2.35. The third-order valence-electron chi connectivity index (χ3n) is 5.58. The summed E-state index contributed by atoms with van der Waals surface area (Å²) in [6.07, 6.45) is 2.94. The normalized spacial score (nSPS) is 18.2. The predicted molar refractivity (Wildman–Crippen MR) is 108 cm³/mol. The van der Waals surface area contributed by atoms with Crippen LogP contribution in [0.5, 0.6) is 5.88 Å². The first-order chi connectivity index (χ1) is 15.5. The molecule has 0 aromatic carbocycles. The number of nitrogens with zero attached hydrogens (tertiary/aromatic N) is 4. The Hall–Kier alpha value is -3.44. The van der Waals surface area contributed by atoms with Crippen molar-refractivity contribution in [2.75, 3.05) is 25.5 Å². The zero-order valence-electron chi connectivity index (χ0n) is 16.8. The number of halogens is 2. The van der Waals surface area contributed by atoms with Gasteiger partial charge < -0.3 is 24.8 Å². The molecular weight excluding hydrogens is 424 g/mol. The van der Waals surface area contributed by atoms with Crippen LogP contribution in [0.1, 0.15) is 33.2 Å². The molecular formula is C21H19F2N5O4. The lowest BCUT2D eigenvalue weighted by atomic mass is 10.0. The number of rotatable bonds is 4. The number of anilines is 1. The molecule has 3 aromatic rings. The predicted octanol–water partition coefficient (Wildman–Crippen LogP) is 2.45. The van der Waals surface area contributed by atoms with Gasteiger partial charge in [0, 0.05) is 29.8 Å². The van der Waals surface area contributed by atoms with Crippen molar-refractivity contribution in [2.24, 2.45) is 0 Å². The van der Waals surface area contributed by atoms with E-state index in [0.717, 1.165) is 16.5 Å². The topological polar surface area (TPSA) is 113 Å². The summed E-state index contributed by atoms with van der Waals surface area (Å²) >= 11 is 0. The molecule has 5 rings (SSSR count). The first kappa shape index (κ1) is 20.5. The smallest absolute Gasteiger partial charge is 0.388 e. The molecule has 9 nitrogen and oxygen atoms in total. The summed E-state index contributed by atoms with van der Waals surface area (Å²) < 4.78 is 40.1. The van der Waals surface area contributed by atoms with Crippen LogP contribution in [0, 0.1) is 0 Å². The second-order valence-electron chi connectivity index (χ2n) is 7.43. The van der Waals surface area contributed by atoms with Crippen molar-refractivity contribution in [1.82, 2.24) is 19.9 Å². The Labute approximate surface area is 181 Å². The molecule has 2 N–H and O–H groups in total. The minimum Gasteiger partial charge on any atom is -0.417 e. The Bertz CT molecular complexity index is 1180. The Kier molecular flexibility index (Phi) is 5.27. The molecule has 0 aliphatic carbocycles. The van der Waals surface area contributed by atoms with Gasteiger partial charge in [-0.15, -0.1) is 0 Å². The molecule has 2 aliphatic rings. The third-order valence-corrected chi connectivity index (χ3v) is 5.58. The van der Waals surface area contributed by atoms with Crippen molar-refractivity contribution in [2.45, 2.75) is 25.9 Å². The molecule has 32 heavy (non-hydrogen) atoms. The van der Waals surface area contributed by atoms with Crippen LogP contribution in [-0.2, 0) is 22.7 Å². The maximum atomic E-state index is 13.4. The summed E-state index contributed by atoms with van der Waals surface area (Å²) in [4.78, 5) is 27.6. The van der Waals surface area contributed by atoms with E-state index in [0.29, 0.717) is 43.3 Å². The number of nitrogen functional groups attached to an aromatic ring is 1. The number of ether oxygens (including phenoxy) is 3. The van der Waals surface area contributed by atoms with E-state index in [1.165, 1.54) is 18.5 Å². The van der Waals surface area contributed by atoms with Crippen molar-refractivity contribution < 1.29 is 27.8 Å². The van der Waals surface area contributed by atoms with Crippen LogP contribution in [0.3, 0.4) is 0 Å².